The number of carbonyl (C=O) groups is 2. The van der Waals surface area contributed by atoms with E-state index in [0.717, 1.165) is 5.56 Å². The molecule has 0 fully saturated rings. The number of aliphatic imine (C=N–C) groups is 1. The standard InChI is InChI=1S/C26H21NO6/c1-16-7-4-5-10-20(16)25(28)32-22-12-11-17(14-23(22)31-3)13-21-26(29)33-24(27-21)18-8-6-9-19(15-18)30-2/h4-15H,1-3H3. The van der Waals surface area contributed by atoms with E-state index < -0.39 is 11.9 Å². The first-order valence-electron chi connectivity index (χ1n) is 10.1. The molecule has 0 aromatic heterocycles. The van der Waals surface area contributed by atoms with Crippen LogP contribution in [0.2, 0.25) is 0 Å². The molecular formula is C26H21NO6. The molecule has 0 unspecified atom stereocenters. The van der Waals surface area contributed by atoms with Crippen LogP contribution in [0.25, 0.3) is 6.08 Å². The van der Waals surface area contributed by atoms with Crippen molar-refractivity contribution in [2.24, 2.45) is 4.99 Å². The zero-order valence-corrected chi connectivity index (χ0v) is 18.3. The first-order valence-corrected chi connectivity index (χ1v) is 10.1. The van der Waals surface area contributed by atoms with Gasteiger partial charge in [-0.1, -0.05) is 30.3 Å². The predicted octanol–water partition coefficient (Wildman–Crippen LogP) is 4.58. The number of cyclic esters (lactones) is 1. The van der Waals surface area contributed by atoms with E-state index in [1.165, 1.54) is 7.11 Å². The third-order valence-corrected chi connectivity index (χ3v) is 5.00. The van der Waals surface area contributed by atoms with Crippen molar-refractivity contribution in [3.63, 3.8) is 0 Å². The molecule has 0 aliphatic carbocycles. The fourth-order valence-corrected chi connectivity index (χ4v) is 3.26. The summed E-state index contributed by atoms with van der Waals surface area (Å²) in [7, 11) is 3.03. The second-order valence-electron chi connectivity index (χ2n) is 7.18. The Morgan fingerprint density at radius 2 is 1.76 bits per heavy atom. The monoisotopic (exact) mass is 443 g/mol. The lowest BCUT2D eigenvalue weighted by atomic mass is 10.1. The molecule has 0 atom stereocenters. The number of esters is 2. The SMILES string of the molecule is COc1cccc(C2=NC(=Cc3ccc(OC(=O)c4ccccc4C)c(OC)c3)C(=O)O2)c1. The Bertz CT molecular complexity index is 1290. The van der Waals surface area contributed by atoms with Gasteiger partial charge in [0.15, 0.2) is 17.2 Å². The van der Waals surface area contributed by atoms with Crippen molar-refractivity contribution in [1.29, 1.82) is 0 Å². The van der Waals surface area contributed by atoms with E-state index >= 15 is 0 Å². The van der Waals surface area contributed by atoms with Crippen molar-refractivity contribution in [2.45, 2.75) is 6.92 Å². The molecule has 0 saturated carbocycles. The highest BCUT2D eigenvalue weighted by molar-refractivity contribution is 6.13. The van der Waals surface area contributed by atoms with Crippen LogP contribution < -0.4 is 14.2 Å². The third kappa shape index (κ3) is 4.77. The average molecular weight is 443 g/mol. The maximum absolute atomic E-state index is 12.5. The highest BCUT2D eigenvalue weighted by Crippen LogP contribution is 2.31. The molecule has 0 saturated heterocycles. The zero-order valence-electron chi connectivity index (χ0n) is 18.3. The summed E-state index contributed by atoms with van der Waals surface area (Å²) in [5.74, 6) is 0.383. The van der Waals surface area contributed by atoms with E-state index in [4.69, 9.17) is 18.9 Å². The molecule has 0 spiro atoms. The molecule has 0 bridgehead atoms. The first kappa shape index (κ1) is 21.8. The molecule has 0 radical (unpaired) electrons. The Kier molecular flexibility index (Phi) is 6.22. The number of aryl methyl sites for hydroxylation is 1. The number of nitrogens with zero attached hydrogens (tertiary/aromatic N) is 1. The maximum atomic E-state index is 12.5. The van der Waals surface area contributed by atoms with Gasteiger partial charge in [0.05, 0.1) is 19.8 Å². The molecule has 166 valence electrons. The number of benzene rings is 3. The van der Waals surface area contributed by atoms with Crippen molar-refractivity contribution >= 4 is 23.9 Å². The van der Waals surface area contributed by atoms with E-state index in [1.54, 1.807) is 67.8 Å². The summed E-state index contributed by atoms with van der Waals surface area (Å²) in [6, 6.07) is 19.2. The summed E-state index contributed by atoms with van der Waals surface area (Å²) in [5.41, 5.74) is 2.68. The predicted molar refractivity (Wildman–Crippen MR) is 123 cm³/mol. The minimum absolute atomic E-state index is 0.138. The number of hydrogen-bond donors (Lipinski definition) is 0. The number of methoxy groups -OCH3 is 2. The Labute approximate surface area is 190 Å². The van der Waals surface area contributed by atoms with Gasteiger partial charge in [-0.2, -0.15) is 0 Å². The first-order chi connectivity index (χ1) is 16.0. The molecule has 7 nitrogen and oxygen atoms in total. The molecule has 3 aromatic rings. The molecule has 3 aromatic carbocycles. The lowest BCUT2D eigenvalue weighted by Crippen LogP contribution is -2.10. The fourth-order valence-electron chi connectivity index (χ4n) is 3.26. The molecule has 1 aliphatic heterocycles. The van der Waals surface area contributed by atoms with E-state index in [-0.39, 0.29) is 17.3 Å². The molecule has 0 N–H and O–H groups in total. The van der Waals surface area contributed by atoms with Gasteiger partial charge in [-0.3, -0.25) is 0 Å². The second kappa shape index (κ2) is 9.40. The molecule has 7 heteroatoms. The van der Waals surface area contributed by atoms with Crippen molar-refractivity contribution in [1.82, 2.24) is 0 Å². The van der Waals surface area contributed by atoms with Crippen molar-refractivity contribution < 1.29 is 28.5 Å². The molecular weight excluding hydrogens is 422 g/mol. The smallest absolute Gasteiger partial charge is 0.363 e. The van der Waals surface area contributed by atoms with Crippen LogP contribution in [0.3, 0.4) is 0 Å². The third-order valence-electron chi connectivity index (χ3n) is 5.00. The molecule has 1 aliphatic rings. The fraction of sp³-hybridized carbons (Fsp3) is 0.115. The maximum Gasteiger partial charge on any atom is 0.363 e. The largest absolute Gasteiger partial charge is 0.497 e. The van der Waals surface area contributed by atoms with Gasteiger partial charge in [0.25, 0.3) is 0 Å². The summed E-state index contributed by atoms with van der Waals surface area (Å²) in [6.07, 6.45) is 1.57. The Hall–Kier alpha value is -4.39. The van der Waals surface area contributed by atoms with Crippen LogP contribution >= 0.6 is 0 Å². The van der Waals surface area contributed by atoms with Gasteiger partial charge in [-0.15, -0.1) is 0 Å². The van der Waals surface area contributed by atoms with E-state index in [2.05, 4.69) is 4.99 Å². The summed E-state index contributed by atoms with van der Waals surface area (Å²) in [6.45, 7) is 1.84. The van der Waals surface area contributed by atoms with Crippen molar-refractivity contribution in [3.8, 4) is 17.2 Å². The summed E-state index contributed by atoms with van der Waals surface area (Å²) >= 11 is 0. The number of ether oxygens (including phenoxy) is 4. The van der Waals surface area contributed by atoms with Gasteiger partial charge in [0.2, 0.25) is 5.90 Å². The summed E-state index contributed by atoms with van der Waals surface area (Å²) in [5, 5.41) is 0. The quantitative estimate of drug-likeness (QED) is 0.315. The minimum Gasteiger partial charge on any atom is -0.497 e. The van der Waals surface area contributed by atoms with Crippen molar-refractivity contribution in [2.75, 3.05) is 14.2 Å². The molecule has 4 rings (SSSR count). The van der Waals surface area contributed by atoms with Gasteiger partial charge < -0.3 is 18.9 Å². The van der Waals surface area contributed by atoms with Crippen LogP contribution in [0.15, 0.2) is 77.4 Å². The van der Waals surface area contributed by atoms with Crippen LogP contribution in [-0.2, 0) is 9.53 Å². The van der Waals surface area contributed by atoms with Gasteiger partial charge in [0, 0.05) is 5.56 Å². The van der Waals surface area contributed by atoms with Crippen LogP contribution in [-0.4, -0.2) is 32.1 Å². The lowest BCUT2D eigenvalue weighted by Gasteiger charge is -2.11. The van der Waals surface area contributed by atoms with Gasteiger partial charge >= 0.3 is 11.9 Å². The average Bonchev–Trinajstić information content (AvgIpc) is 3.20. The molecule has 0 amide bonds. The van der Waals surface area contributed by atoms with Crippen LogP contribution in [0.4, 0.5) is 0 Å². The van der Waals surface area contributed by atoms with Crippen LogP contribution in [0, 0.1) is 6.92 Å². The number of carbonyl (C=O) groups excluding carboxylic acids is 2. The number of hydrogen-bond acceptors (Lipinski definition) is 7. The molecule has 1 heterocycles. The van der Waals surface area contributed by atoms with Gasteiger partial charge in [-0.05, 0) is 60.5 Å². The van der Waals surface area contributed by atoms with Gasteiger partial charge in [0.1, 0.15) is 5.75 Å². The lowest BCUT2D eigenvalue weighted by molar-refractivity contribution is -0.129. The zero-order chi connectivity index (χ0) is 23.4. The Balaban J connectivity index is 1.58. The number of rotatable bonds is 6. The van der Waals surface area contributed by atoms with E-state index in [1.807, 2.05) is 19.1 Å². The van der Waals surface area contributed by atoms with E-state index in [0.29, 0.717) is 28.2 Å². The normalized spacial score (nSPS) is 14.0. The highest BCUT2D eigenvalue weighted by Gasteiger charge is 2.24. The topological polar surface area (TPSA) is 83.4 Å². The van der Waals surface area contributed by atoms with Gasteiger partial charge in [-0.25, -0.2) is 14.6 Å². The second-order valence-corrected chi connectivity index (χ2v) is 7.18. The van der Waals surface area contributed by atoms with Crippen molar-refractivity contribution in [3.05, 3.63) is 94.7 Å². The minimum atomic E-state index is -0.568. The Morgan fingerprint density at radius 3 is 2.52 bits per heavy atom. The summed E-state index contributed by atoms with van der Waals surface area (Å²) < 4.78 is 21.4. The van der Waals surface area contributed by atoms with Crippen LogP contribution in [0.5, 0.6) is 17.2 Å². The molecule has 33 heavy (non-hydrogen) atoms. The highest BCUT2D eigenvalue weighted by atomic mass is 16.6. The summed E-state index contributed by atoms with van der Waals surface area (Å²) in [4.78, 5) is 29.2. The Morgan fingerprint density at radius 1 is 0.939 bits per heavy atom. The van der Waals surface area contributed by atoms with Crippen LogP contribution in [0.1, 0.15) is 27.0 Å². The van der Waals surface area contributed by atoms with E-state index in [9.17, 15) is 9.59 Å².